The fourth-order valence-corrected chi connectivity index (χ4v) is 2.68. The number of fused-ring (bicyclic) bond motifs is 1. The molecule has 0 bridgehead atoms. The number of ether oxygens (including phenoxy) is 1. The molecular weight excluding hydrogens is 290 g/mol. The molecule has 0 saturated carbocycles. The molecule has 0 aliphatic rings. The van der Waals surface area contributed by atoms with Crippen LogP contribution in [0.15, 0.2) is 65.5 Å². The molecular formula is C19H17NO3. The third-order valence-electron chi connectivity index (χ3n) is 3.85. The Morgan fingerprint density at radius 3 is 2.48 bits per heavy atom. The largest absolute Gasteiger partial charge is 0.469 e. The van der Waals surface area contributed by atoms with Gasteiger partial charge in [-0.1, -0.05) is 48.5 Å². The van der Waals surface area contributed by atoms with Gasteiger partial charge < -0.3 is 9.30 Å². The monoisotopic (exact) mass is 307 g/mol. The third-order valence-corrected chi connectivity index (χ3v) is 3.85. The van der Waals surface area contributed by atoms with Gasteiger partial charge in [0.25, 0.3) is 5.56 Å². The molecule has 0 spiro atoms. The summed E-state index contributed by atoms with van der Waals surface area (Å²) in [5.74, 6) is -0.328. The Hall–Kier alpha value is -2.88. The average Bonchev–Trinajstić information content (AvgIpc) is 2.61. The van der Waals surface area contributed by atoms with Crippen molar-refractivity contribution >= 4 is 16.9 Å². The predicted octanol–water partition coefficient (Wildman–Crippen LogP) is 3.23. The number of carbonyl (C=O) groups excluding carboxylic acids is 1. The van der Waals surface area contributed by atoms with Gasteiger partial charge in [0.2, 0.25) is 0 Å². The van der Waals surface area contributed by atoms with Crippen LogP contribution in [-0.4, -0.2) is 17.6 Å². The van der Waals surface area contributed by atoms with Gasteiger partial charge in [-0.3, -0.25) is 9.59 Å². The maximum Gasteiger partial charge on any atom is 0.307 e. The van der Waals surface area contributed by atoms with Gasteiger partial charge in [0, 0.05) is 12.1 Å². The Balaban J connectivity index is 2.18. The molecule has 3 aromatic rings. The average molecular weight is 307 g/mol. The number of methoxy groups -OCH3 is 1. The maximum absolute atomic E-state index is 12.9. The van der Waals surface area contributed by atoms with E-state index < -0.39 is 0 Å². The Bertz CT molecular complexity index is 897. The zero-order chi connectivity index (χ0) is 16.2. The number of benzene rings is 2. The van der Waals surface area contributed by atoms with E-state index in [0.717, 1.165) is 16.5 Å². The summed E-state index contributed by atoms with van der Waals surface area (Å²) in [6, 6.07) is 19.1. The summed E-state index contributed by atoms with van der Waals surface area (Å²) in [7, 11) is 1.35. The van der Waals surface area contributed by atoms with Gasteiger partial charge in [0.1, 0.15) is 0 Å². The zero-order valence-corrected chi connectivity index (χ0v) is 12.9. The van der Waals surface area contributed by atoms with Crippen LogP contribution in [0.25, 0.3) is 22.0 Å². The number of rotatable bonds is 4. The number of aryl methyl sites for hydroxylation is 1. The Morgan fingerprint density at radius 1 is 1.04 bits per heavy atom. The molecule has 0 saturated heterocycles. The van der Waals surface area contributed by atoms with Crippen LogP contribution in [0.2, 0.25) is 0 Å². The summed E-state index contributed by atoms with van der Waals surface area (Å²) < 4.78 is 6.33. The van der Waals surface area contributed by atoms with Crippen molar-refractivity contribution in [1.29, 1.82) is 0 Å². The lowest BCUT2D eigenvalue weighted by Gasteiger charge is -2.12. The molecule has 4 heteroatoms. The molecule has 0 amide bonds. The minimum absolute atomic E-state index is 0.0983. The number of carbonyl (C=O) groups is 1. The summed E-state index contributed by atoms with van der Waals surface area (Å²) in [6.45, 7) is 0.298. The van der Waals surface area contributed by atoms with E-state index in [1.54, 1.807) is 4.57 Å². The molecule has 1 aromatic heterocycles. The minimum Gasteiger partial charge on any atom is -0.469 e. The highest BCUT2D eigenvalue weighted by Gasteiger charge is 2.12. The molecule has 0 N–H and O–H groups in total. The van der Waals surface area contributed by atoms with Crippen LogP contribution in [-0.2, 0) is 16.1 Å². The van der Waals surface area contributed by atoms with Crippen LogP contribution in [0.5, 0.6) is 0 Å². The van der Waals surface area contributed by atoms with Crippen molar-refractivity contribution in [3.63, 3.8) is 0 Å². The smallest absolute Gasteiger partial charge is 0.307 e. The highest BCUT2D eigenvalue weighted by molar-refractivity contribution is 5.84. The molecule has 0 aliphatic heterocycles. The van der Waals surface area contributed by atoms with Gasteiger partial charge in [0.15, 0.2) is 0 Å². The SMILES string of the molecule is COC(=O)CCn1c(=O)c(-c2ccccc2)cc2ccccc21. The molecule has 0 radical (unpaired) electrons. The molecule has 116 valence electrons. The summed E-state index contributed by atoms with van der Waals surface area (Å²) >= 11 is 0. The lowest BCUT2D eigenvalue weighted by Crippen LogP contribution is -2.23. The van der Waals surface area contributed by atoms with Crippen molar-refractivity contribution in [2.24, 2.45) is 0 Å². The number of nitrogens with zero attached hydrogens (tertiary/aromatic N) is 1. The van der Waals surface area contributed by atoms with Gasteiger partial charge in [-0.15, -0.1) is 0 Å². The Kier molecular flexibility index (Phi) is 4.24. The molecule has 23 heavy (non-hydrogen) atoms. The van der Waals surface area contributed by atoms with Gasteiger partial charge in [0.05, 0.1) is 19.0 Å². The highest BCUT2D eigenvalue weighted by atomic mass is 16.5. The van der Waals surface area contributed by atoms with E-state index in [0.29, 0.717) is 12.1 Å². The lowest BCUT2D eigenvalue weighted by molar-refractivity contribution is -0.140. The first-order chi connectivity index (χ1) is 11.2. The fourth-order valence-electron chi connectivity index (χ4n) is 2.68. The number of aromatic nitrogens is 1. The normalized spacial score (nSPS) is 10.7. The van der Waals surface area contributed by atoms with E-state index in [-0.39, 0.29) is 17.9 Å². The van der Waals surface area contributed by atoms with E-state index in [2.05, 4.69) is 4.74 Å². The number of esters is 1. The zero-order valence-electron chi connectivity index (χ0n) is 12.9. The van der Waals surface area contributed by atoms with Crippen molar-refractivity contribution in [1.82, 2.24) is 4.57 Å². The van der Waals surface area contributed by atoms with Crippen molar-refractivity contribution in [3.05, 3.63) is 71.0 Å². The predicted molar refractivity (Wildman–Crippen MR) is 90.3 cm³/mol. The van der Waals surface area contributed by atoms with Crippen LogP contribution >= 0.6 is 0 Å². The summed E-state index contributed by atoms with van der Waals surface area (Å²) in [5.41, 5.74) is 2.23. The van der Waals surface area contributed by atoms with Crippen molar-refractivity contribution in [2.75, 3.05) is 7.11 Å². The molecule has 0 fully saturated rings. The molecule has 4 nitrogen and oxygen atoms in total. The maximum atomic E-state index is 12.9. The summed E-state index contributed by atoms with van der Waals surface area (Å²) in [5, 5.41) is 0.968. The first-order valence-electron chi connectivity index (χ1n) is 7.45. The summed E-state index contributed by atoms with van der Waals surface area (Å²) in [4.78, 5) is 24.3. The molecule has 0 aliphatic carbocycles. The van der Waals surface area contributed by atoms with E-state index in [1.807, 2.05) is 60.7 Å². The Morgan fingerprint density at radius 2 is 1.74 bits per heavy atom. The molecule has 3 rings (SSSR count). The van der Waals surface area contributed by atoms with Crippen LogP contribution in [0.1, 0.15) is 6.42 Å². The Labute approximate surface area is 133 Å². The van der Waals surface area contributed by atoms with Crippen LogP contribution in [0, 0.1) is 0 Å². The highest BCUT2D eigenvalue weighted by Crippen LogP contribution is 2.21. The second kappa shape index (κ2) is 6.48. The van der Waals surface area contributed by atoms with E-state index in [4.69, 9.17) is 0 Å². The van der Waals surface area contributed by atoms with E-state index >= 15 is 0 Å². The molecule has 2 aromatic carbocycles. The third kappa shape index (κ3) is 3.01. The number of para-hydroxylation sites is 1. The number of hydrogen-bond acceptors (Lipinski definition) is 3. The topological polar surface area (TPSA) is 48.3 Å². The molecule has 1 heterocycles. The quantitative estimate of drug-likeness (QED) is 0.695. The first-order valence-corrected chi connectivity index (χ1v) is 7.45. The first kappa shape index (κ1) is 15.0. The molecule has 0 atom stereocenters. The second-order valence-electron chi connectivity index (χ2n) is 5.27. The van der Waals surface area contributed by atoms with Gasteiger partial charge in [-0.2, -0.15) is 0 Å². The van der Waals surface area contributed by atoms with Crippen LogP contribution in [0.4, 0.5) is 0 Å². The fraction of sp³-hybridized carbons (Fsp3) is 0.158. The lowest BCUT2D eigenvalue weighted by atomic mass is 10.0. The van der Waals surface area contributed by atoms with Crippen molar-refractivity contribution in [3.8, 4) is 11.1 Å². The summed E-state index contributed by atoms with van der Waals surface area (Å²) in [6.07, 6.45) is 0.165. The minimum atomic E-state index is -0.328. The number of pyridine rings is 1. The standard InChI is InChI=1S/C19H17NO3/c1-23-18(21)11-12-20-17-10-6-5-9-15(17)13-16(19(20)22)14-7-3-2-4-8-14/h2-10,13H,11-12H2,1H3. The molecule has 0 unspecified atom stereocenters. The van der Waals surface area contributed by atoms with Crippen molar-refractivity contribution in [2.45, 2.75) is 13.0 Å². The van der Waals surface area contributed by atoms with E-state index in [1.165, 1.54) is 7.11 Å². The van der Waals surface area contributed by atoms with Gasteiger partial charge >= 0.3 is 5.97 Å². The van der Waals surface area contributed by atoms with E-state index in [9.17, 15) is 9.59 Å². The second-order valence-corrected chi connectivity index (χ2v) is 5.27. The number of hydrogen-bond donors (Lipinski definition) is 0. The van der Waals surface area contributed by atoms with Crippen LogP contribution in [0.3, 0.4) is 0 Å². The van der Waals surface area contributed by atoms with Gasteiger partial charge in [-0.05, 0) is 23.1 Å². The van der Waals surface area contributed by atoms with Gasteiger partial charge in [-0.25, -0.2) is 0 Å². The van der Waals surface area contributed by atoms with Crippen LogP contribution < -0.4 is 5.56 Å². The van der Waals surface area contributed by atoms with Crippen molar-refractivity contribution < 1.29 is 9.53 Å².